The fourth-order valence-electron chi connectivity index (χ4n) is 2.17. The molecule has 3 heteroatoms. The van der Waals surface area contributed by atoms with Crippen LogP contribution in [0.3, 0.4) is 0 Å². The van der Waals surface area contributed by atoms with E-state index in [2.05, 4.69) is 88.8 Å². The zero-order chi connectivity index (χ0) is 14.0. The lowest BCUT2D eigenvalue weighted by Gasteiger charge is -2.16. The maximum absolute atomic E-state index is 6.39. The summed E-state index contributed by atoms with van der Waals surface area (Å²) < 4.78 is 2.30. The van der Waals surface area contributed by atoms with Gasteiger partial charge in [-0.1, -0.05) is 39.7 Å². The lowest BCUT2D eigenvalue weighted by molar-refractivity contribution is 0.714. The number of halogens is 2. The van der Waals surface area contributed by atoms with Crippen LogP contribution in [-0.2, 0) is 6.42 Å². The number of hydrogen-bond acceptors (Lipinski definition) is 1. The van der Waals surface area contributed by atoms with Gasteiger partial charge in [0.15, 0.2) is 0 Å². The third-order valence-corrected chi connectivity index (χ3v) is 4.78. The van der Waals surface area contributed by atoms with Crippen LogP contribution in [0.25, 0.3) is 0 Å². The molecular formula is C16H17BrIN. The van der Waals surface area contributed by atoms with Crippen molar-refractivity contribution in [2.45, 2.75) is 26.3 Å². The number of rotatable bonds is 3. The summed E-state index contributed by atoms with van der Waals surface area (Å²) in [6.45, 7) is 4.27. The van der Waals surface area contributed by atoms with E-state index in [1.54, 1.807) is 0 Å². The Morgan fingerprint density at radius 3 is 2.63 bits per heavy atom. The average Bonchev–Trinajstić information content (AvgIpc) is 2.36. The van der Waals surface area contributed by atoms with Crippen LogP contribution < -0.4 is 5.73 Å². The normalized spacial score (nSPS) is 12.5. The van der Waals surface area contributed by atoms with Crippen molar-refractivity contribution in [2.75, 3.05) is 0 Å². The maximum atomic E-state index is 6.39. The second kappa shape index (κ2) is 6.37. The average molecular weight is 430 g/mol. The summed E-state index contributed by atoms with van der Waals surface area (Å²) in [7, 11) is 0. The number of nitrogens with two attached hydrogens (primary N) is 1. The Bertz CT molecular complexity index is 595. The Morgan fingerprint density at radius 2 is 1.89 bits per heavy atom. The lowest BCUT2D eigenvalue weighted by atomic mass is 9.95. The molecule has 0 amide bonds. The molecule has 0 spiro atoms. The minimum absolute atomic E-state index is 0.0323. The Hall–Kier alpha value is -0.390. The molecule has 1 atom stereocenters. The quantitative estimate of drug-likeness (QED) is 0.689. The Kier molecular flexibility index (Phi) is 5.03. The molecule has 2 rings (SSSR count). The van der Waals surface area contributed by atoms with E-state index in [1.165, 1.54) is 25.8 Å². The van der Waals surface area contributed by atoms with Crippen LogP contribution in [0.2, 0.25) is 0 Å². The first-order chi connectivity index (χ1) is 8.97. The second-order valence-corrected chi connectivity index (χ2v) is 6.98. The van der Waals surface area contributed by atoms with Crippen LogP contribution >= 0.6 is 38.5 Å². The van der Waals surface area contributed by atoms with Gasteiger partial charge in [0.25, 0.3) is 0 Å². The Balaban J connectivity index is 2.27. The summed E-state index contributed by atoms with van der Waals surface area (Å²) in [6.07, 6.45) is 0.875. The van der Waals surface area contributed by atoms with Gasteiger partial charge < -0.3 is 5.73 Å². The third-order valence-electron chi connectivity index (χ3n) is 3.30. The van der Waals surface area contributed by atoms with Crippen molar-refractivity contribution < 1.29 is 0 Å². The summed E-state index contributed by atoms with van der Waals surface area (Å²) >= 11 is 5.87. The largest absolute Gasteiger partial charge is 0.324 e. The van der Waals surface area contributed by atoms with E-state index in [0.29, 0.717) is 0 Å². The van der Waals surface area contributed by atoms with E-state index in [0.717, 1.165) is 10.9 Å². The fourth-order valence-corrected chi connectivity index (χ4v) is 3.28. The smallest absolute Gasteiger partial charge is 0.0346 e. The number of benzene rings is 2. The minimum Gasteiger partial charge on any atom is -0.324 e. The van der Waals surface area contributed by atoms with E-state index in [1.807, 2.05) is 0 Å². The van der Waals surface area contributed by atoms with Crippen LogP contribution in [0.5, 0.6) is 0 Å². The molecule has 0 heterocycles. The molecule has 2 aromatic carbocycles. The summed E-state index contributed by atoms with van der Waals surface area (Å²) in [4.78, 5) is 0. The molecular weight excluding hydrogens is 413 g/mol. The zero-order valence-electron chi connectivity index (χ0n) is 11.1. The summed E-state index contributed by atoms with van der Waals surface area (Å²) in [5.41, 5.74) is 11.5. The predicted octanol–water partition coefficient (Wildman–Crippen LogP) is 4.91. The summed E-state index contributed by atoms with van der Waals surface area (Å²) in [5, 5.41) is 0. The van der Waals surface area contributed by atoms with Gasteiger partial charge >= 0.3 is 0 Å². The van der Waals surface area contributed by atoms with Crippen molar-refractivity contribution in [2.24, 2.45) is 5.73 Å². The summed E-state index contributed by atoms with van der Waals surface area (Å²) in [6, 6.07) is 12.9. The molecule has 0 fully saturated rings. The molecule has 0 saturated carbocycles. The topological polar surface area (TPSA) is 26.0 Å². The standard InChI is InChI=1S/C16H17BrIN/c1-10-3-4-11(2)12(7-10)8-16(19)14-9-13(17)5-6-15(14)18/h3-7,9,16H,8,19H2,1-2H3. The highest BCUT2D eigenvalue weighted by molar-refractivity contribution is 14.1. The number of aryl methyl sites for hydroxylation is 2. The van der Waals surface area contributed by atoms with E-state index in [-0.39, 0.29) is 6.04 Å². The molecule has 0 saturated heterocycles. The van der Waals surface area contributed by atoms with Crippen molar-refractivity contribution in [1.82, 2.24) is 0 Å². The molecule has 1 unspecified atom stereocenters. The van der Waals surface area contributed by atoms with Gasteiger partial charge in [0.05, 0.1) is 0 Å². The van der Waals surface area contributed by atoms with E-state index in [9.17, 15) is 0 Å². The fraction of sp³-hybridized carbons (Fsp3) is 0.250. The molecule has 0 radical (unpaired) electrons. The van der Waals surface area contributed by atoms with Gasteiger partial charge in [-0.05, 0) is 77.7 Å². The van der Waals surface area contributed by atoms with E-state index >= 15 is 0 Å². The number of hydrogen-bond donors (Lipinski definition) is 1. The molecule has 100 valence electrons. The molecule has 2 N–H and O–H groups in total. The molecule has 1 nitrogen and oxygen atoms in total. The zero-order valence-corrected chi connectivity index (χ0v) is 14.8. The second-order valence-electron chi connectivity index (χ2n) is 4.91. The van der Waals surface area contributed by atoms with Gasteiger partial charge in [-0.3, -0.25) is 0 Å². The van der Waals surface area contributed by atoms with Crippen molar-refractivity contribution in [3.8, 4) is 0 Å². The monoisotopic (exact) mass is 429 g/mol. The van der Waals surface area contributed by atoms with Gasteiger partial charge in [-0.15, -0.1) is 0 Å². The van der Waals surface area contributed by atoms with Crippen molar-refractivity contribution in [3.05, 3.63) is 66.7 Å². The van der Waals surface area contributed by atoms with Gasteiger partial charge in [-0.25, -0.2) is 0 Å². The first-order valence-corrected chi connectivity index (χ1v) is 8.11. The van der Waals surface area contributed by atoms with Crippen molar-refractivity contribution >= 4 is 38.5 Å². The Labute approximate surface area is 136 Å². The first-order valence-electron chi connectivity index (χ1n) is 6.24. The maximum Gasteiger partial charge on any atom is 0.0346 e. The Morgan fingerprint density at radius 1 is 1.16 bits per heavy atom. The SMILES string of the molecule is Cc1ccc(C)c(CC(N)c2cc(Br)ccc2I)c1. The molecule has 0 aliphatic heterocycles. The molecule has 2 aromatic rings. The van der Waals surface area contributed by atoms with Gasteiger partial charge in [-0.2, -0.15) is 0 Å². The summed E-state index contributed by atoms with van der Waals surface area (Å²) in [5.74, 6) is 0. The van der Waals surface area contributed by atoms with E-state index < -0.39 is 0 Å². The van der Waals surface area contributed by atoms with Crippen molar-refractivity contribution in [1.29, 1.82) is 0 Å². The molecule has 0 bridgehead atoms. The molecule has 0 aromatic heterocycles. The molecule has 0 aliphatic rings. The highest BCUT2D eigenvalue weighted by atomic mass is 127. The third kappa shape index (κ3) is 3.80. The van der Waals surface area contributed by atoms with Crippen LogP contribution in [0.4, 0.5) is 0 Å². The van der Waals surface area contributed by atoms with Crippen LogP contribution in [-0.4, -0.2) is 0 Å². The van der Waals surface area contributed by atoms with Crippen LogP contribution in [0.15, 0.2) is 40.9 Å². The minimum atomic E-state index is 0.0323. The molecule has 0 aliphatic carbocycles. The van der Waals surface area contributed by atoms with Gasteiger partial charge in [0.2, 0.25) is 0 Å². The highest BCUT2D eigenvalue weighted by Crippen LogP contribution is 2.26. The lowest BCUT2D eigenvalue weighted by Crippen LogP contribution is -2.15. The predicted molar refractivity (Wildman–Crippen MR) is 93.4 cm³/mol. The van der Waals surface area contributed by atoms with Gasteiger partial charge in [0, 0.05) is 14.1 Å². The first kappa shape index (κ1) is 15.0. The van der Waals surface area contributed by atoms with Crippen molar-refractivity contribution in [3.63, 3.8) is 0 Å². The van der Waals surface area contributed by atoms with Crippen LogP contribution in [0, 0.1) is 17.4 Å². The highest BCUT2D eigenvalue weighted by Gasteiger charge is 2.12. The van der Waals surface area contributed by atoms with E-state index in [4.69, 9.17) is 5.73 Å². The van der Waals surface area contributed by atoms with Crippen LogP contribution in [0.1, 0.15) is 28.3 Å². The molecule has 19 heavy (non-hydrogen) atoms. The van der Waals surface area contributed by atoms with Gasteiger partial charge in [0.1, 0.15) is 0 Å².